The van der Waals surface area contributed by atoms with Gasteiger partial charge in [-0.3, -0.25) is 4.57 Å². The topological polar surface area (TPSA) is 100 Å². The van der Waals surface area contributed by atoms with Crippen molar-refractivity contribution in [1.82, 2.24) is 29.8 Å². The summed E-state index contributed by atoms with van der Waals surface area (Å²) in [5, 5.41) is 11.9. The van der Waals surface area contributed by atoms with Crippen molar-refractivity contribution in [3.05, 3.63) is 28.0 Å². The number of nitrogens with zero attached hydrogens (tertiary/aromatic N) is 5. The van der Waals surface area contributed by atoms with Gasteiger partial charge in [-0.1, -0.05) is 5.16 Å². The Bertz CT molecular complexity index is 783. The minimum absolute atomic E-state index is 0.111. The van der Waals surface area contributed by atoms with Gasteiger partial charge >= 0.3 is 5.69 Å². The maximum absolute atomic E-state index is 12.7. The van der Waals surface area contributed by atoms with Gasteiger partial charge in [-0.25, -0.2) is 9.48 Å². The Morgan fingerprint density at radius 2 is 2.12 bits per heavy atom. The van der Waals surface area contributed by atoms with Gasteiger partial charge in [0.25, 0.3) is 5.89 Å². The highest BCUT2D eigenvalue weighted by molar-refractivity contribution is 4.95. The van der Waals surface area contributed by atoms with Gasteiger partial charge in [0.05, 0.1) is 0 Å². The van der Waals surface area contributed by atoms with Crippen LogP contribution in [0, 0.1) is 5.92 Å². The summed E-state index contributed by atoms with van der Waals surface area (Å²) in [6.45, 7) is 5.62. The van der Waals surface area contributed by atoms with Gasteiger partial charge < -0.3 is 14.6 Å². The summed E-state index contributed by atoms with van der Waals surface area (Å²) in [6, 6.07) is 0. The molecular weight excluding hydrogens is 336 g/mol. The fourth-order valence-corrected chi connectivity index (χ4v) is 3.77. The van der Waals surface area contributed by atoms with Crippen LogP contribution in [0.15, 0.2) is 9.32 Å². The van der Waals surface area contributed by atoms with Crippen molar-refractivity contribution in [3.8, 4) is 0 Å². The summed E-state index contributed by atoms with van der Waals surface area (Å²) in [6.07, 6.45) is 4.87. The van der Waals surface area contributed by atoms with Crippen molar-refractivity contribution in [1.29, 1.82) is 0 Å². The average molecular weight is 362 g/mol. The lowest BCUT2D eigenvalue weighted by atomic mass is 9.94. The van der Waals surface area contributed by atoms with E-state index in [2.05, 4.69) is 20.6 Å². The van der Waals surface area contributed by atoms with Crippen molar-refractivity contribution in [2.75, 3.05) is 19.7 Å². The number of ether oxygens (including phenoxy) is 1. The van der Waals surface area contributed by atoms with Gasteiger partial charge in [0.1, 0.15) is 18.5 Å². The second kappa shape index (κ2) is 7.71. The standard InChI is InChI=1S/C17H26N6O3/c1-2-22-15(10-12-5-7-18-8-6-12)20-23(17(22)24)11-14-19-16(26-21-14)13-4-3-9-25-13/h12-13,18H,2-11H2,1H3. The predicted molar refractivity (Wildman–Crippen MR) is 92.8 cm³/mol. The van der Waals surface area contributed by atoms with E-state index in [1.807, 2.05) is 6.92 Å². The predicted octanol–water partition coefficient (Wildman–Crippen LogP) is 0.890. The van der Waals surface area contributed by atoms with E-state index in [4.69, 9.17) is 9.26 Å². The number of piperidine rings is 1. The fraction of sp³-hybridized carbons (Fsp3) is 0.765. The molecule has 2 fully saturated rings. The summed E-state index contributed by atoms with van der Waals surface area (Å²) in [7, 11) is 0. The van der Waals surface area contributed by atoms with Crippen molar-refractivity contribution < 1.29 is 9.26 Å². The molecule has 2 saturated heterocycles. The van der Waals surface area contributed by atoms with Gasteiger partial charge in [0.2, 0.25) is 0 Å². The first-order chi connectivity index (χ1) is 12.7. The zero-order valence-electron chi connectivity index (χ0n) is 15.2. The molecule has 2 aromatic heterocycles. The van der Waals surface area contributed by atoms with Crippen molar-refractivity contribution in [3.63, 3.8) is 0 Å². The first-order valence-electron chi connectivity index (χ1n) is 9.56. The van der Waals surface area contributed by atoms with Crippen LogP contribution in [-0.4, -0.2) is 44.2 Å². The summed E-state index contributed by atoms with van der Waals surface area (Å²) >= 11 is 0. The summed E-state index contributed by atoms with van der Waals surface area (Å²) in [4.78, 5) is 17.1. The largest absolute Gasteiger partial charge is 0.368 e. The molecule has 0 saturated carbocycles. The third-order valence-electron chi connectivity index (χ3n) is 5.23. The zero-order chi connectivity index (χ0) is 17.9. The number of hydrogen-bond acceptors (Lipinski definition) is 7. The molecule has 0 amide bonds. The average Bonchev–Trinajstić information content (AvgIpc) is 3.38. The van der Waals surface area contributed by atoms with Crippen LogP contribution in [0.1, 0.15) is 56.3 Å². The number of rotatable bonds is 6. The highest BCUT2D eigenvalue weighted by atomic mass is 16.5. The molecule has 26 heavy (non-hydrogen) atoms. The molecule has 0 spiro atoms. The third kappa shape index (κ3) is 3.59. The lowest BCUT2D eigenvalue weighted by Crippen LogP contribution is -2.30. The van der Waals surface area contributed by atoms with E-state index < -0.39 is 0 Å². The normalized spacial score (nSPS) is 21.5. The molecule has 0 bridgehead atoms. The summed E-state index contributed by atoms with van der Waals surface area (Å²) in [5.74, 6) is 2.39. The Morgan fingerprint density at radius 1 is 1.27 bits per heavy atom. The van der Waals surface area contributed by atoms with Crippen molar-refractivity contribution in [2.45, 2.75) is 58.2 Å². The quantitative estimate of drug-likeness (QED) is 0.814. The molecule has 1 unspecified atom stereocenters. The second-order valence-corrected chi connectivity index (χ2v) is 7.05. The van der Waals surface area contributed by atoms with Crippen LogP contribution >= 0.6 is 0 Å². The Hall–Kier alpha value is -2.00. The Labute approximate surface area is 151 Å². The number of nitrogens with one attached hydrogen (secondary N) is 1. The van der Waals surface area contributed by atoms with E-state index in [1.165, 1.54) is 4.68 Å². The minimum Gasteiger partial charge on any atom is -0.368 e. The zero-order valence-corrected chi connectivity index (χ0v) is 15.2. The Kier molecular flexibility index (Phi) is 5.16. The maximum atomic E-state index is 12.7. The van der Waals surface area contributed by atoms with Crippen LogP contribution in [0.2, 0.25) is 0 Å². The van der Waals surface area contributed by atoms with Gasteiger partial charge in [-0.2, -0.15) is 10.1 Å². The van der Waals surface area contributed by atoms with E-state index in [-0.39, 0.29) is 18.3 Å². The molecule has 2 aromatic rings. The van der Waals surface area contributed by atoms with E-state index in [9.17, 15) is 4.79 Å². The van der Waals surface area contributed by atoms with E-state index in [0.717, 1.165) is 57.6 Å². The molecule has 0 radical (unpaired) electrons. The molecular formula is C17H26N6O3. The van der Waals surface area contributed by atoms with Gasteiger partial charge in [0.15, 0.2) is 5.82 Å². The molecule has 4 heterocycles. The molecule has 4 rings (SSSR count). The van der Waals surface area contributed by atoms with Gasteiger partial charge in [-0.15, -0.1) is 0 Å². The first kappa shape index (κ1) is 17.4. The number of aromatic nitrogens is 5. The second-order valence-electron chi connectivity index (χ2n) is 7.05. The Morgan fingerprint density at radius 3 is 2.85 bits per heavy atom. The van der Waals surface area contributed by atoms with E-state index in [0.29, 0.717) is 24.2 Å². The molecule has 142 valence electrons. The fourth-order valence-electron chi connectivity index (χ4n) is 3.77. The molecule has 2 aliphatic heterocycles. The monoisotopic (exact) mass is 362 g/mol. The van der Waals surface area contributed by atoms with Crippen LogP contribution in [0.3, 0.4) is 0 Å². The highest BCUT2D eigenvalue weighted by Gasteiger charge is 2.25. The number of hydrogen-bond donors (Lipinski definition) is 1. The van der Waals surface area contributed by atoms with Crippen LogP contribution in [0.25, 0.3) is 0 Å². The summed E-state index contributed by atoms with van der Waals surface area (Å²) < 4.78 is 14.1. The van der Waals surface area contributed by atoms with E-state index in [1.54, 1.807) is 4.57 Å². The maximum Gasteiger partial charge on any atom is 0.346 e. The molecule has 1 N–H and O–H groups in total. The molecule has 0 aliphatic carbocycles. The Balaban J connectivity index is 1.50. The molecule has 1 atom stereocenters. The molecule has 9 heteroatoms. The first-order valence-corrected chi connectivity index (χ1v) is 9.56. The third-order valence-corrected chi connectivity index (χ3v) is 5.23. The lowest BCUT2D eigenvalue weighted by Gasteiger charge is -2.21. The van der Waals surface area contributed by atoms with Crippen molar-refractivity contribution >= 4 is 0 Å². The molecule has 0 aromatic carbocycles. The van der Waals surface area contributed by atoms with Gasteiger partial charge in [0, 0.05) is 19.6 Å². The van der Waals surface area contributed by atoms with Crippen LogP contribution in [0.5, 0.6) is 0 Å². The lowest BCUT2D eigenvalue weighted by molar-refractivity contribution is 0.0835. The minimum atomic E-state index is -0.114. The van der Waals surface area contributed by atoms with Gasteiger partial charge in [-0.05, 0) is 51.6 Å². The highest BCUT2D eigenvalue weighted by Crippen LogP contribution is 2.26. The summed E-state index contributed by atoms with van der Waals surface area (Å²) in [5.41, 5.74) is -0.111. The van der Waals surface area contributed by atoms with Crippen LogP contribution in [0.4, 0.5) is 0 Å². The van der Waals surface area contributed by atoms with Crippen LogP contribution < -0.4 is 11.0 Å². The van der Waals surface area contributed by atoms with E-state index >= 15 is 0 Å². The SMILES string of the molecule is CCn1c(CC2CCNCC2)nn(Cc2noc(C3CCCO3)n2)c1=O. The van der Waals surface area contributed by atoms with Crippen molar-refractivity contribution in [2.24, 2.45) is 5.92 Å². The molecule has 2 aliphatic rings. The van der Waals surface area contributed by atoms with Crippen LogP contribution in [-0.2, 0) is 24.2 Å². The molecule has 9 nitrogen and oxygen atoms in total. The smallest absolute Gasteiger partial charge is 0.346 e.